The molecule has 0 saturated carbocycles. The first kappa shape index (κ1) is 15.4. The summed E-state index contributed by atoms with van der Waals surface area (Å²) in [6.45, 7) is 0. The van der Waals surface area contributed by atoms with E-state index in [4.69, 9.17) is 11.6 Å². The summed E-state index contributed by atoms with van der Waals surface area (Å²) in [6, 6.07) is 19.8. The zero-order valence-corrected chi connectivity index (χ0v) is 14.3. The molecule has 2 nitrogen and oxygen atoms in total. The number of halogens is 1. The molecule has 5 heteroatoms. The largest absolute Gasteiger partial charge is 0.222 e. The Balaban J connectivity index is 1.95. The molecule has 0 spiro atoms. The van der Waals surface area contributed by atoms with Gasteiger partial charge in [-0.25, -0.2) is 9.97 Å². The smallest absolute Gasteiger partial charge is 0.161 e. The number of hydrogen-bond donors (Lipinski definition) is 0. The minimum Gasteiger partial charge on any atom is -0.222 e. The lowest BCUT2D eigenvalue weighted by Gasteiger charge is -2.07. The molecule has 22 heavy (non-hydrogen) atoms. The van der Waals surface area contributed by atoms with Gasteiger partial charge in [-0.1, -0.05) is 53.7 Å². The van der Waals surface area contributed by atoms with Gasteiger partial charge in [-0.15, -0.1) is 11.8 Å². The quantitative estimate of drug-likeness (QED) is 0.450. The van der Waals surface area contributed by atoms with Crippen LogP contribution in [0.25, 0.3) is 11.4 Å². The average molecular weight is 345 g/mol. The van der Waals surface area contributed by atoms with Gasteiger partial charge in [0.2, 0.25) is 0 Å². The molecule has 1 aromatic heterocycles. The maximum absolute atomic E-state index is 5.93. The van der Waals surface area contributed by atoms with Crippen LogP contribution in [0.5, 0.6) is 0 Å². The molecule has 3 aromatic rings. The zero-order valence-electron chi connectivity index (χ0n) is 11.9. The lowest BCUT2D eigenvalue weighted by molar-refractivity contribution is 0.976. The van der Waals surface area contributed by atoms with Crippen molar-refractivity contribution >= 4 is 35.1 Å². The van der Waals surface area contributed by atoms with Crippen LogP contribution in [-0.2, 0) is 0 Å². The summed E-state index contributed by atoms with van der Waals surface area (Å²) in [5, 5.41) is 2.63. The van der Waals surface area contributed by atoms with E-state index in [1.807, 2.05) is 66.9 Å². The molecule has 0 fully saturated rings. The van der Waals surface area contributed by atoms with Crippen LogP contribution in [0.1, 0.15) is 0 Å². The summed E-state index contributed by atoms with van der Waals surface area (Å²) in [4.78, 5) is 10.4. The van der Waals surface area contributed by atoms with Gasteiger partial charge in [0.25, 0.3) is 0 Å². The van der Waals surface area contributed by atoms with Crippen molar-refractivity contribution in [3.63, 3.8) is 0 Å². The minimum atomic E-state index is 0.738. The Kier molecular flexibility index (Phi) is 5.03. The van der Waals surface area contributed by atoms with Gasteiger partial charge in [0, 0.05) is 21.5 Å². The topological polar surface area (TPSA) is 25.8 Å². The SMILES string of the molecule is CSc1cc(Sc2ccc(Cl)cc2)nc(-c2ccccc2)n1. The first-order chi connectivity index (χ1) is 10.7. The number of rotatable bonds is 4. The van der Waals surface area contributed by atoms with Gasteiger partial charge in [0.1, 0.15) is 10.1 Å². The van der Waals surface area contributed by atoms with Gasteiger partial charge in [0.05, 0.1) is 0 Å². The first-order valence-electron chi connectivity index (χ1n) is 6.66. The molecule has 0 bridgehead atoms. The molecule has 2 aromatic carbocycles. The number of aromatic nitrogens is 2. The summed E-state index contributed by atoms with van der Waals surface area (Å²) in [5.41, 5.74) is 1.02. The molecular weight excluding hydrogens is 332 g/mol. The Morgan fingerprint density at radius 1 is 0.864 bits per heavy atom. The molecule has 0 radical (unpaired) electrons. The highest BCUT2D eigenvalue weighted by Crippen LogP contribution is 2.30. The molecule has 0 atom stereocenters. The van der Waals surface area contributed by atoms with Crippen molar-refractivity contribution < 1.29 is 0 Å². The minimum absolute atomic E-state index is 0.738. The van der Waals surface area contributed by atoms with Crippen LogP contribution >= 0.6 is 35.1 Å². The molecule has 0 saturated heterocycles. The van der Waals surface area contributed by atoms with Crippen LogP contribution in [0.4, 0.5) is 0 Å². The second kappa shape index (κ2) is 7.18. The van der Waals surface area contributed by atoms with Gasteiger partial charge >= 0.3 is 0 Å². The van der Waals surface area contributed by atoms with Crippen molar-refractivity contribution in [1.29, 1.82) is 0 Å². The molecule has 0 aliphatic heterocycles. The standard InChI is InChI=1S/C17H13ClN2S2/c1-21-15-11-16(22-14-9-7-13(18)8-10-14)20-17(19-15)12-5-3-2-4-6-12/h2-11H,1H3. The summed E-state index contributed by atoms with van der Waals surface area (Å²) < 4.78 is 0. The second-order valence-electron chi connectivity index (χ2n) is 4.49. The third-order valence-electron chi connectivity index (χ3n) is 2.96. The molecule has 0 unspecified atom stereocenters. The summed E-state index contributed by atoms with van der Waals surface area (Å²) in [7, 11) is 0. The van der Waals surface area contributed by atoms with E-state index < -0.39 is 0 Å². The third-order valence-corrected chi connectivity index (χ3v) is 4.76. The molecule has 0 aliphatic carbocycles. The summed E-state index contributed by atoms with van der Waals surface area (Å²) in [5.74, 6) is 0.754. The molecule has 1 heterocycles. The van der Waals surface area contributed by atoms with E-state index in [9.17, 15) is 0 Å². The summed E-state index contributed by atoms with van der Waals surface area (Å²) >= 11 is 9.16. The molecule has 110 valence electrons. The Bertz CT molecular complexity index is 761. The van der Waals surface area contributed by atoms with E-state index >= 15 is 0 Å². The molecular formula is C17H13ClN2S2. The summed E-state index contributed by atoms with van der Waals surface area (Å²) in [6.07, 6.45) is 2.02. The average Bonchev–Trinajstić information content (AvgIpc) is 2.57. The number of benzene rings is 2. The van der Waals surface area contributed by atoms with Gasteiger partial charge in [-0.2, -0.15) is 0 Å². The van der Waals surface area contributed by atoms with Crippen LogP contribution in [0, 0.1) is 0 Å². The maximum Gasteiger partial charge on any atom is 0.161 e. The Morgan fingerprint density at radius 3 is 2.23 bits per heavy atom. The highest BCUT2D eigenvalue weighted by Gasteiger charge is 2.08. The lowest BCUT2D eigenvalue weighted by atomic mass is 10.2. The van der Waals surface area contributed by atoms with Crippen molar-refractivity contribution in [2.75, 3.05) is 6.26 Å². The van der Waals surface area contributed by atoms with Gasteiger partial charge in [-0.3, -0.25) is 0 Å². The predicted octanol–water partition coefficient (Wildman–Crippen LogP) is 5.67. The Morgan fingerprint density at radius 2 is 1.55 bits per heavy atom. The normalized spacial score (nSPS) is 10.6. The fourth-order valence-electron chi connectivity index (χ4n) is 1.90. The van der Waals surface area contributed by atoms with Crippen LogP contribution in [0.2, 0.25) is 5.02 Å². The van der Waals surface area contributed by atoms with Crippen LogP contribution in [0.3, 0.4) is 0 Å². The first-order valence-corrected chi connectivity index (χ1v) is 9.08. The number of hydrogen-bond acceptors (Lipinski definition) is 4. The van der Waals surface area contributed by atoms with Crippen LogP contribution in [-0.4, -0.2) is 16.2 Å². The Labute approximate surface area is 143 Å². The number of nitrogens with zero attached hydrogens (tertiary/aromatic N) is 2. The van der Waals surface area contributed by atoms with Gasteiger partial charge in [0.15, 0.2) is 5.82 Å². The highest BCUT2D eigenvalue weighted by atomic mass is 35.5. The third kappa shape index (κ3) is 3.83. The number of thioether (sulfide) groups is 1. The maximum atomic E-state index is 5.93. The van der Waals surface area contributed by atoms with E-state index in [1.54, 1.807) is 23.5 Å². The van der Waals surface area contributed by atoms with E-state index in [-0.39, 0.29) is 0 Å². The van der Waals surface area contributed by atoms with Gasteiger partial charge in [-0.05, 0) is 30.5 Å². The van der Waals surface area contributed by atoms with Crippen LogP contribution < -0.4 is 0 Å². The molecule has 0 N–H and O–H groups in total. The highest BCUT2D eigenvalue weighted by molar-refractivity contribution is 7.99. The molecule has 3 rings (SSSR count). The fraction of sp³-hybridized carbons (Fsp3) is 0.0588. The lowest BCUT2D eigenvalue weighted by Crippen LogP contribution is -1.93. The van der Waals surface area contributed by atoms with E-state index in [1.165, 1.54) is 0 Å². The van der Waals surface area contributed by atoms with E-state index in [2.05, 4.69) is 9.97 Å². The molecule has 0 aliphatic rings. The van der Waals surface area contributed by atoms with E-state index in [0.29, 0.717) is 0 Å². The predicted molar refractivity (Wildman–Crippen MR) is 94.8 cm³/mol. The second-order valence-corrected chi connectivity index (χ2v) is 6.85. The van der Waals surface area contributed by atoms with Crippen molar-refractivity contribution in [3.05, 3.63) is 65.7 Å². The van der Waals surface area contributed by atoms with Gasteiger partial charge < -0.3 is 0 Å². The van der Waals surface area contributed by atoms with Crippen molar-refractivity contribution in [2.45, 2.75) is 14.9 Å². The zero-order chi connectivity index (χ0) is 15.4. The fourth-order valence-corrected chi connectivity index (χ4v) is 3.32. The van der Waals surface area contributed by atoms with E-state index in [0.717, 1.165) is 31.4 Å². The monoisotopic (exact) mass is 344 g/mol. The van der Waals surface area contributed by atoms with Crippen LogP contribution in [0.15, 0.2) is 75.6 Å². The van der Waals surface area contributed by atoms with Crippen molar-refractivity contribution in [3.8, 4) is 11.4 Å². The Hall–Kier alpha value is -1.49. The van der Waals surface area contributed by atoms with Crippen molar-refractivity contribution in [2.24, 2.45) is 0 Å². The van der Waals surface area contributed by atoms with Crippen molar-refractivity contribution in [1.82, 2.24) is 9.97 Å². The molecule has 0 amide bonds.